The Labute approximate surface area is 179 Å². The quantitative estimate of drug-likeness (QED) is 0.711. The molecule has 8 heteroatoms. The average Bonchev–Trinajstić information content (AvgIpc) is 3.29. The number of nitrogens with one attached hydrogen (secondary N) is 2. The second-order valence-electron chi connectivity index (χ2n) is 8.08. The van der Waals surface area contributed by atoms with Crippen molar-refractivity contribution in [1.82, 2.24) is 15.2 Å². The molecule has 1 saturated carbocycles. The first-order valence-corrected chi connectivity index (χ1v) is 11.3. The molecule has 1 aromatic heterocycles. The van der Waals surface area contributed by atoms with Crippen molar-refractivity contribution in [2.45, 2.75) is 51.5 Å². The molecule has 0 radical (unpaired) electrons. The maximum Gasteiger partial charge on any atom is 0.325 e. The van der Waals surface area contributed by atoms with Gasteiger partial charge in [0.1, 0.15) is 12.1 Å². The third-order valence-corrected chi connectivity index (χ3v) is 6.97. The number of nitrogens with zero attached hydrogens (tertiary/aromatic N) is 2. The van der Waals surface area contributed by atoms with Crippen molar-refractivity contribution in [3.63, 3.8) is 0 Å². The van der Waals surface area contributed by atoms with Gasteiger partial charge in [0, 0.05) is 10.9 Å². The van der Waals surface area contributed by atoms with E-state index in [1.54, 1.807) is 0 Å². The van der Waals surface area contributed by atoms with Gasteiger partial charge in [-0.1, -0.05) is 51.0 Å². The zero-order valence-electron chi connectivity index (χ0n) is 17.2. The van der Waals surface area contributed by atoms with Gasteiger partial charge in [-0.05, 0) is 30.7 Å². The summed E-state index contributed by atoms with van der Waals surface area (Å²) in [6, 6.07) is 7.66. The molecule has 4 rings (SSSR count). The second-order valence-corrected chi connectivity index (χ2v) is 8.93. The number of carbonyl (C=O) groups is 3. The number of amides is 4. The first kappa shape index (κ1) is 20.5. The van der Waals surface area contributed by atoms with Crippen molar-refractivity contribution in [3.05, 3.63) is 35.2 Å². The van der Waals surface area contributed by atoms with Crippen LogP contribution in [0.1, 0.15) is 45.1 Å². The van der Waals surface area contributed by atoms with Gasteiger partial charge in [-0.25, -0.2) is 9.78 Å². The van der Waals surface area contributed by atoms with Crippen LogP contribution >= 0.6 is 11.3 Å². The van der Waals surface area contributed by atoms with E-state index in [4.69, 9.17) is 0 Å². The van der Waals surface area contributed by atoms with Crippen LogP contribution < -0.4 is 10.6 Å². The number of hydrogen-bond acceptors (Lipinski definition) is 5. The normalized spacial score (nSPS) is 23.7. The molecule has 2 atom stereocenters. The number of rotatable bonds is 5. The summed E-state index contributed by atoms with van der Waals surface area (Å²) in [6.45, 7) is 3.79. The van der Waals surface area contributed by atoms with Crippen LogP contribution in [-0.4, -0.2) is 39.8 Å². The number of aryl methyl sites for hydroxylation is 1. The molecule has 7 nitrogen and oxygen atoms in total. The van der Waals surface area contributed by atoms with Gasteiger partial charge >= 0.3 is 6.03 Å². The number of aromatic nitrogens is 1. The van der Waals surface area contributed by atoms with Gasteiger partial charge in [-0.15, -0.1) is 11.3 Å². The Balaban J connectivity index is 1.41. The Hall–Kier alpha value is -2.74. The zero-order chi connectivity index (χ0) is 21.3. The average molecular weight is 427 g/mol. The fourth-order valence-electron chi connectivity index (χ4n) is 4.32. The third-order valence-electron chi connectivity index (χ3n) is 6.21. The summed E-state index contributed by atoms with van der Waals surface area (Å²) >= 11 is 1.32. The van der Waals surface area contributed by atoms with Crippen LogP contribution in [0.5, 0.6) is 0 Å². The molecule has 30 heavy (non-hydrogen) atoms. The van der Waals surface area contributed by atoms with Crippen LogP contribution in [-0.2, 0) is 16.0 Å². The third kappa shape index (κ3) is 3.71. The summed E-state index contributed by atoms with van der Waals surface area (Å²) in [6.07, 6.45) is 4.45. The highest BCUT2D eigenvalue weighted by Gasteiger charge is 2.55. The molecule has 158 valence electrons. The summed E-state index contributed by atoms with van der Waals surface area (Å²) in [5.41, 5.74) is 2.16. The Morgan fingerprint density at radius 2 is 2.07 bits per heavy atom. The topological polar surface area (TPSA) is 91.4 Å². The molecule has 4 amide bonds. The summed E-state index contributed by atoms with van der Waals surface area (Å²) in [5, 5.41) is 7.91. The lowest BCUT2D eigenvalue weighted by Gasteiger charge is -2.36. The molecule has 1 aromatic carbocycles. The van der Waals surface area contributed by atoms with E-state index in [9.17, 15) is 14.4 Å². The molecule has 2 heterocycles. The number of imide groups is 1. The van der Waals surface area contributed by atoms with E-state index in [2.05, 4.69) is 34.7 Å². The highest BCUT2D eigenvalue weighted by Crippen LogP contribution is 2.38. The molecule has 2 aromatic rings. The van der Waals surface area contributed by atoms with E-state index in [1.165, 1.54) is 16.9 Å². The van der Waals surface area contributed by atoms with Gasteiger partial charge in [0.2, 0.25) is 5.91 Å². The minimum absolute atomic E-state index is 0.0661. The molecule has 1 aliphatic heterocycles. The highest BCUT2D eigenvalue weighted by molar-refractivity contribution is 7.14. The van der Waals surface area contributed by atoms with Crippen molar-refractivity contribution < 1.29 is 14.4 Å². The molecular formula is C22H26N4O3S. The van der Waals surface area contributed by atoms with E-state index in [1.807, 2.05) is 24.4 Å². The molecule has 1 saturated heterocycles. The van der Waals surface area contributed by atoms with Gasteiger partial charge < -0.3 is 10.6 Å². The van der Waals surface area contributed by atoms with Gasteiger partial charge in [0.05, 0.1) is 5.69 Å². The van der Waals surface area contributed by atoms with Gasteiger partial charge in [0.25, 0.3) is 5.91 Å². The minimum atomic E-state index is -0.853. The number of anilines is 1. The summed E-state index contributed by atoms with van der Waals surface area (Å²) in [5.74, 6) is -0.650. The van der Waals surface area contributed by atoms with Gasteiger partial charge in [-0.3, -0.25) is 14.5 Å². The van der Waals surface area contributed by atoms with Crippen LogP contribution in [0.25, 0.3) is 11.3 Å². The molecule has 2 aliphatic rings. The lowest BCUT2D eigenvalue weighted by molar-refractivity contribution is -0.136. The molecule has 1 aliphatic carbocycles. The predicted octanol–water partition coefficient (Wildman–Crippen LogP) is 3.81. The van der Waals surface area contributed by atoms with Crippen molar-refractivity contribution in [2.75, 3.05) is 11.9 Å². The SMILES string of the molecule is CCc1ccc(-c2csc(NC(=O)CN3C(=O)N[C@@]4(CCCC[C@H]4C)C3=O)n2)cc1. The molecule has 1 spiro atoms. The highest BCUT2D eigenvalue weighted by atomic mass is 32.1. The zero-order valence-corrected chi connectivity index (χ0v) is 18.1. The number of benzene rings is 1. The molecule has 2 fully saturated rings. The fourth-order valence-corrected chi connectivity index (χ4v) is 5.05. The Morgan fingerprint density at radius 1 is 1.30 bits per heavy atom. The monoisotopic (exact) mass is 426 g/mol. The van der Waals surface area contributed by atoms with E-state index in [0.717, 1.165) is 41.8 Å². The molecular weight excluding hydrogens is 400 g/mol. The van der Waals surface area contributed by atoms with Gasteiger partial charge in [-0.2, -0.15) is 0 Å². The fraction of sp³-hybridized carbons (Fsp3) is 0.455. The molecule has 2 N–H and O–H groups in total. The summed E-state index contributed by atoms with van der Waals surface area (Å²) < 4.78 is 0. The maximum atomic E-state index is 13.0. The van der Waals surface area contributed by atoms with Crippen LogP contribution in [0, 0.1) is 5.92 Å². The van der Waals surface area contributed by atoms with Crippen LogP contribution in [0.3, 0.4) is 0 Å². The van der Waals surface area contributed by atoms with Gasteiger partial charge in [0.15, 0.2) is 5.13 Å². The largest absolute Gasteiger partial charge is 0.325 e. The Bertz CT molecular complexity index is 971. The molecule has 0 bridgehead atoms. The lowest BCUT2D eigenvalue weighted by Crippen LogP contribution is -2.54. The first-order valence-electron chi connectivity index (χ1n) is 10.4. The van der Waals surface area contributed by atoms with E-state index in [0.29, 0.717) is 11.6 Å². The minimum Gasteiger partial charge on any atom is -0.323 e. The summed E-state index contributed by atoms with van der Waals surface area (Å²) in [7, 11) is 0. The predicted molar refractivity (Wildman–Crippen MR) is 116 cm³/mol. The second kappa shape index (κ2) is 8.18. The number of hydrogen-bond donors (Lipinski definition) is 2. The number of carbonyl (C=O) groups excluding carboxylic acids is 3. The van der Waals surface area contributed by atoms with Crippen molar-refractivity contribution in [1.29, 1.82) is 0 Å². The smallest absolute Gasteiger partial charge is 0.323 e. The van der Waals surface area contributed by atoms with Crippen LogP contribution in [0.15, 0.2) is 29.6 Å². The number of urea groups is 1. The lowest BCUT2D eigenvalue weighted by atomic mass is 9.73. The van der Waals surface area contributed by atoms with Crippen LogP contribution in [0.2, 0.25) is 0 Å². The Kier molecular flexibility index (Phi) is 5.60. The van der Waals surface area contributed by atoms with E-state index < -0.39 is 17.5 Å². The maximum absolute atomic E-state index is 13.0. The Morgan fingerprint density at radius 3 is 2.77 bits per heavy atom. The van der Waals surface area contributed by atoms with E-state index in [-0.39, 0.29) is 18.4 Å². The summed E-state index contributed by atoms with van der Waals surface area (Å²) in [4.78, 5) is 43.4. The first-order chi connectivity index (χ1) is 14.4. The van der Waals surface area contributed by atoms with Crippen molar-refractivity contribution >= 4 is 34.3 Å². The van der Waals surface area contributed by atoms with E-state index >= 15 is 0 Å². The van der Waals surface area contributed by atoms with Crippen molar-refractivity contribution in [2.24, 2.45) is 5.92 Å². The number of thiazole rings is 1. The molecule has 0 unspecified atom stereocenters. The van der Waals surface area contributed by atoms with Crippen molar-refractivity contribution in [3.8, 4) is 11.3 Å². The van der Waals surface area contributed by atoms with Crippen LogP contribution in [0.4, 0.5) is 9.93 Å². The standard InChI is InChI=1S/C22H26N4O3S/c1-3-15-7-9-16(10-8-15)17-13-30-20(23-17)24-18(27)12-26-19(28)22(25-21(26)29)11-5-4-6-14(22)2/h7-10,13-14H,3-6,11-12H2,1-2H3,(H,25,29)(H,23,24,27)/t14-,22-/m1/s1.